The van der Waals surface area contributed by atoms with Crippen LogP contribution in [0, 0.1) is 12.7 Å². The molecule has 0 N–H and O–H groups in total. The number of hydrogen-bond donors (Lipinski definition) is 0. The molecular weight excluding hydrogens is 411 g/mol. The van der Waals surface area contributed by atoms with Crippen LogP contribution in [0.25, 0.3) is 22.0 Å². The Morgan fingerprint density at radius 1 is 1.21 bits per heavy atom. The number of fused-ring (bicyclic) bond motifs is 1. The van der Waals surface area contributed by atoms with E-state index in [2.05, 4.69) is 10.1 Å². The number of halogens is 2. The Bertz CT molecular complexity index is 1310. The molecule has 8 heteroatoms. The van der Waals surface area contributed by atoms with Crippen molar-refractivity contribution in [2.45, 2.75) is 6.92 Å². The van der Waals surface area contributed by atoms with E-state index in [-0.39, 0.29) is 5.82 Å². The Balaban J connectivity index is 1.64. The maximum absolute atomic E-state index is 13.1. The predicted molar refractivity (Wildman–Crippen MR) is 114 cm³/mol. The molecule has 2 aromatic carbocycles. The van der Waals surface area contributed by atoms with Crippen LogP contribution in [0.2, 0.25) is 5.15 Å². The summed E-state index contributed by atoms with van der Waals surface area (Å²) in [6.07, 6.45) is 2.97. The first kappa shape index (κ1) is 19.3. The first-order valence-corrected chi connectivity index (χ1v) is 9.96. The molecule has 0 aliphatic heterocycles. The van der Waals surface area contributed by atoms with Gasteiger partial charge in [0.05, 0.1) is 21.6 Å². The van der Waals surface area contributed by atoms with E-state index in [4.69, 9.17) is 11.6 Å². The first-order valence-electron chi connectivity index (χ1n) is 8.76. The quantitative estimate of drug-likeness (QED) is 0.447. The summed E-state index contributed by atoms with van der Waals surface area (Å²) in [4.78, 5) is 17.2. The third-order valence-electron chi connectivity index (χ3n) is 4.43. The number of carbonyl (C=O) groups is 1. The van der Waals surface area contributed by atoms with Crippen LogP contribution in [0.1, 0.15) is 11.3 Å². The van der Waals surface area contributed by atoms with Gasteiger partial charge in [0.2, 0.25) is 0 Å². The van der Waals surface area contributed by atoms with E-state index in [0.29, 0.717) is 26.9 Å². The number of thiazole rings is 1. The highest BCUT2D eigenvalue weighted by Gasteiger charge is 2.13. The Morgan fingerprint density at radius 2 is 1.93 bits per heavy atom. The third kappa shape index (κ3) is 3.79. The van der Waals surface area contributed by atoms with Gasteiger partial charge in [-0.05, 0) is 49.4 Å². The Kier molecular flexibility index (Phi) is 5.17. The highest BCUT2D eigenvalue weighted by atomic mass is 35.5. The SMILES string of the molecule is Cc1nn(-c2ccc(F)cc2)c(Cl)c1/C=C/C(=O)N=c1sc2ccccc2n1C. The molecule has 2 aromatic heterocycles. The minimum atomic E-state index is -0.392. The number of nitrogens with zero attached hydrogens (tertiary/aromatic N) is 4. The topological polar surface area (TPSA) is 52.2 Å². The highest BCUT2D eigenvalue weighted by molar-refractivity contribution is 7.16. The number of hydrogen-bond acceptors (Lipinski definition) is 3. The van der Waals surface area contributed by atoms with Gasteiger partial charge in [0.25, 0.3) is 5.91 Å². The number of aryl methyl sites for hydroxylation is 2. The molecule has 4 aromatic rings. The molecular formula is C21H16ClFN4OS. The minimum absolute atomic E-state index is 0.338. The lowest BCUT2D eigenvalue weighted by Crippen LogP contribution is -2.12. The van der Waals surface area contributed by atoms with Crippen LogP contribution in [-0.2, 0) is 11.8 Å². The van der Waals surface area contributed by atoms with Crippen molar-refractivity contribution in [1.29, 1.82) is 0 Å². The molecule has 0 atom stereocenters. The highest BCUT2D eigenvalue weighted by Crippen LogP contribution is 2.25. The molecule has 0 saturated carbocycles. The molecule has 146 valence electrons. The van der Waals surface area contributed by atoms with E-state index in [1.807, 2.05) is 35.9 Å². The van der Waals surface area contributed by atoms with Crippen molar-refractivity contribution >= 4 is 45.1 Å². The van der Waals surface area contributed by atoms with Crippen LogP contribution < -0.4 is 4.80 Å². The smallest absolute Gasteiger partial charge is 0.272 e. The molecule has 5 nitrogen and oxygen atoms in total. The zero-order chi connectivity index (χ0) is 20.5. The predicted octanol–water partition coefficient (Wildman–Crippen LogP) is 4.67. The molecule has 4 rings (SSSR count). The summed E-state index contributed by atoms with van der Waals surface area (Å²) < 4.78 is 17.6. The fourth-order valence-electron chi connectivity index (χ4n) is 2.93. The van der Waals surface area contributed by atoms with Crippen molar-refractivity contribution in [3.63, 3.8) is 0 Å². The Morgan fingerprint density at radius 3 is 2.66 bits per heavy atom. The van der Waals surface area contributed by atoms with Crippen LogP contribution in [0.4, 0.5) is 4.39 Å². The average Bonchev–Trinajstić information content (AvgIpc) is 3.17. The van der Waals surface area contributed by atoms with Crippen LogP contribution >= 0.6 is 22.9 Å². The van der Waals surface area contributed by atoms with E-state index in [1.165, 1.54) is 34.2 Å². The summed E-state index contributed by atoms with van der Waals surface area (Å²) in [5.74, 6) is -0.729. The maximum Gasteiger partial charge on any atom is 0.272 e. The molecule has 0 aliphatic rings. The van der Waals surface area contributed by atoms with E-state index >= 15 is 0 Å². The number of amides is 1. The molecule has 0 saturated heterocycles. The number of carbonyl (C=O) groups excluding carboxylic acids is 1. The monoisotopic (exact) mass is 426 g/mol. The average molecular weight is 427 g/mol. The van der Waals surface area contributed by atoms with Gasteiger partial charge < -0.3 is 4.57 Å². The first-order chi connectivity index (χ1) is 13.9. The molecule has 29 heavy (non-hydrogen) atoms. The number of rotatable bonds is 3. The van der Waals surface area contributed by atoms with E-state index in [1.54, 1.807) is 25.1 Å². The molecule has 0 radical (unpaired) electrons. The number of benzene rings is 2. The molecule has 0 aliphatic carbocycles. The molecule has 0 bridgehead atoms. The van der Waals surface area contributed by atoms with Gasteiger partial charge in [0.15, 0.2) is 4.80 Å². The van der Waals surface area contributed by atoms with Gasteiger partial charge in [-0.15, -0.1) is 0 Å². The maximum atomic E-state index is 13.1. The van der Waals surface area contributed by atoms with Gasteiger partial charge in [-0.3, -0.25) is 4.79 Å². The molecule has 0 spiro atoms. The van der Waals surface area contributed by atoms with Crippen molar-refractivity contribution in [3.05, 3.63) is 81.6 Å². The standard InChI is InChI=1S/C21H16ClFN4OS/c1-13-16(20(22)27(25-13)15-9-7-14(23)8-10-15)11-12-19(28)24-21-26(2)17-5-3-4-6-18(17)29-21/h3-12H,1-2H3/b12-11+,24-21?. The van der Waals surface area contributed by atoms with Gasteiger partial charge in [-0.2, -0.15) is 10.1 Å². The van der Waals surface area contributed by atoms with Gasteiger partial charge in [0.1, 0.15) is 11.0 Å². The lowest BCUT2D eigenvalue weighted by Gasteiger charge is -2.02. The lowest BCUT2D eigenvalue weighted by molar-refractivity contribution is -0.113. The third-order valence-corrected chi connectivity index (χ3v) is 5.91. The summed E-state index contributed by atoms with van der Waals surface area (Å²) in [5.41, 5.74) is 2.91. The number of para-hydroxylation sites is 1. The van der Waals surface area contributed by atoms with Gasteiger partial charge >= 0.3 is 0 Å². The van der Waals surface area contributed by atoms with Gasteiger partial charge in [-0.25, -0.2) is 9.07 Å². The summed E-state index contributed by atoms with van der Waals surface area (Å²) in [6, 6.07) is 13.7. The molecule has 0 unspecified atom stereocenters. The fraction of sp³-hybridized carbons (Fsp3) is 0.0952. The van der Waals surface area contributed by atoms with Crippen molar-refractivity contribution < 1.29 is 9.18 Å². The second-order valence-electron chi connectivity index (χ2n) is 6.37. The minimum Gasteiger partial charge on any atom is -0.319 e. The molecule has 2 heterocycles. The molecule has 0 fully saturated rings. The zero-order valence-electron chi connectivity index (χ0n) is 15.6. The van der Waals surface area contributed by atoms with E-state index < -0.39 is 5.91 Å². The van der Waals surface area contributed by atoms with Crippen molar-refractivity contribution in [3.8, 4) is 5.69 Å². The fourth-order valence-corrected chi connectivity index (χ4v) is 4.29. The number of aromatic nitrogens is 3. The van der Waals surface area contributed by atoms with Crippen LogP contribution in [0.15, 0.2) is 59.6 Å². The van der Waals surface area contributed by atoms with Gasteiger partial charge in [-0.1, -0.05) is 35.1 Å². The lowest BCUT2D eigenvalue weighted by atomic mass is 10.2. The van der Waals surface area contributed by atoms with Crippen LogP contribution in [-0.4, -0.2) is 20.3 Å². The summed E-state index contributed by atoms with van der Waals surface area (Å²) in [6.45, 7) is 1.79. The van der Waals surface area contributed by atoms with Crippen LogP contribution in [0.5, 0.6) is 0 Å². The normalized spacial score (nSPS) is 12.3. The molecule has 1 amide bonds. The van der Waals surface area contributed by atoms with E-state index in [0.717, 1.165) is 10.2 Å². The summed E-state index contributed by atoms with van der Waals surface area (Å²) in [5, 5.41) is 4.72. The second kappa shape index (κ2) is 7.77. The van der Waals surface area contributed by atoms with E-state index in [9.17, 15) is 9.18 Å². The van der Waals surface area contributed by atoms with Crippen molar-refractivity contribution in [1.82, 2.24) is 14.3 Å². The van der Waals surface area contributed by atoms with Gasteiger partial charge in [0, 0.05) is 18.7 Å². The zero-order valence-corrected chi connectivity index (χ0v) is 17.2. The summed E-state index contributed by atoms with van der Waals surface area (Å²) >= 11 is 7.89. The van der Waals surface area contributed by atoms with Crippen molar-refractivity contribution in [2.24, 2.45) is 12.0 Å². The Hall–Kier alpha value is -3.03. The van der Waals surface area contributed by atoms with Crippen molar-refractivity contribution in [2.75, 3.05) is 0 Å². The second-order valence-corrected chi connectivity index (χ2v) is 7.74. The Labute approximate surface area is 175 Å². The largest absolute Gasteiger partial charge is 0.319 e. The van der Waals surface area contributed by atoms with Crippen LogP contribution in [0.3, 0.4) is 0 Å². The summed E-state index contributed by atoms with van der Waals surface area (Å²) in [7, 11) is 1.88.